The lowest BCUT2D eigenvalue weighted by Gasteiger charge is -2.38. The average molecular weight is 784 g/mol. The highest BCUT2D eigenvalue weighted by Crippen LogP contribution is 2.44. The van der Waals surface area contributed by atoms with Crippen LogP contribution in [0.25, 0.3) is 5.65 Å². The standard InChI is InChI=1S/C38H47F2N7O7S/c1-23-8-9-27(30(37(4,5)36(48)49)26-10-15-47-32(25(26)3)43-44-33(47)31(39)40)41-28(23)21-46-22-38(11-17-52-18-12-38)54-35-29(55(46,50)51)20-24(2)34(42-35)53-19-16-45-13-6-7-14-45/h8-10,15,20,30-31H,6-7,11-14,16-19,21-22H2,1-5H3,(H,48,49)/t30-/m1/s1. The van der Waals surface area contributed by atoms with E-state index in [2.05, 4.69) is 20.1 Å². The molecule has 4 aromatic heterocycles. The molecule has 3 aliphatic rings. The van der Waals surface area contributed by atoms with Gasteiger partial charge in [0, 0.05) is 42.8 Å². The molecule has 0 aliphatic carbocycles. The molecule has 1 atom stereocenters. The van der Waals surface area contributed by atoms with Gasteiger partial charge >= 0.3 is 5.97 Å². The van der Waals surface area contributed by atoms with E-state index in [1.54, 1.807) is 52.0 Å². The second-order valence-corrected chi connectivity index (χ2v) is 17.3. The molecule has 0 unspecified atom stereocenters. The number of carboxylic acids is 1. The van der Waals surface area contributed by atoms with Crippen LogP contribution in [0.5, 0.6) is 11.8 Å². The molecule has 7 heterocycles. The first kappa shape index (κ1) is 38.9. The quantitative estimate of drug-likeness (QED) is 0.211. The summed E-state index contributed by atoms with van der Waals surface area (Å²) in [6, 6.07) is 6.66. The summed E-state index contributed by atoms with van der Waals surface area (Å²) in [5.41, 5.74) is 0.820. The number of aliphatic carboxylic acids is 1. The van der Waals surface area contributed by atoms with Gasteiger partial charge in [0.1, 0.15) is 17.1 Å². The van der Waals surface area contributed by atoms with Crippen molar-refractivity contribution in [1.29, 1.82) is 0 Å². The fourth-order valence-electron chi connectivity index (χ4n) is 7.86. The van der Waals surface area contributed by atoms with Crippen molar-refractivity contribution < 1.29 is 41.3 Å². The summed E-state index contributed by atoms with van der Waals surface area (Å²) >= 11 is 0. The third-order valence-electron chi connectivity index (χ3n) is 11.3. The molecule has 296 valence electrons. The Morgan fingerprint density at radius 2 is 1.78 bits per heavy atom. The molecule has 17 heteroatoms. The van der Waals surface area contributed by atoms with Crippen molar-refractivity contribution in [2.75, 3.05) is 46.0 Å². The maximum absolute atomic E-state index is 14.7. The summed E-state index contributed by atoms with van der Waals surface area (Å²) in [4.78, 5) is 24.8. The van der Waals surface area contributed by atoms with Crippen LogP contribution >= 0.6 is 0 Å². The summed E-state index contributed by atoms with van der Waals surface area (Å²) in [7, 11) is -4.22. The summed E-state index contributed by atoms with van der Waals surface area (Å²) < 4.78 is 77.7. The lowest BCUT2D eigenvalue weighted by atomic mass is 9.72. The van der Waals surface area contributed by atoms with Crippen LogP contribution in [0, 0.1) is 26.2 Å². The van der Waals surface area contributed by atoms with E-state index in [1.807, 2.05) is 6.92 Å². The zero-order valence-electron chi connectivity index (χ0n) is 31.7. The number of carboxylic acid groups (broad SMARTS) is 1. The number of sulfonamides is 1. The number of fused-ring (bicyclic) bond motifs is 2. The molecular formula is C38H47F2N7O7S. The van der Waals surface area contributed by atoms with E-state index in [-0.39, 0.29) is 29.5 Å². The molecule has 55 heavy (non-hydrogen) atoms. The molecule has 2 fully saturated rings. The van der Waals surface area contributed by atoms with Gasteiger partial charge in [0.25, 0.3) is 6.43 Å². The summed E-state index contributed by atoms with van der Waals surface area (Å²) in [5.74, 6) is -2.20. The van der Waals surface area contributed by atoms with E-state index in [0.29, 0.717) is 72.2 Å². The maximum atomic E-state index is 14.7. The molecule has 1 N–H and O–H groups in total. The van der Waals surface area contributed by atoms with Crippen molar-refractivity contribution in [3.05, 3.63) is 69.9 Å². The number of alkyl halides is 2. The number of ether oxygens (including phenoxy) is 3. The Morgan fingerprint density at radius 3 is 2.47 bits per heavy atom. The monoisotopic (exact) mass is 783 g/mol. The third-order valence-corrected chi connectivity index (χ3v) is 13.0. The minimum Gasteiger partial charge on any atom is -0.481 e. The van der Waals surface area contributed by atoms with E-state index in [0.717, 1.165) is 32.5 Å². The van der Waals surface area contributed by atoms with Gasteiger partial charge in [-0.25, -0.2) is 17.2 Å². The number of likely N-dealkylation sites (tertiary alicyclic amines) is 1. The van der Waals surface area contributed by atoms with Crippen molar-refractivity contribution in [1.82, 2.24) is 33.8 Å². The number of aromatic nitrogens is 5. The molecule has 1 spiro atoms. The molecule has 2 saturated heterocycles. The zero-order valence-corrected chi connectivity index (χ0v) is 32.5. The van der Waals surface area contributed by atoms with Crippen LogP contribution in [0.3, 0.4) is 0 Å². The number of carbonyl (C=O) groups is 1. The van der Waals surface area contributed by atoms with Crippen LogP contribution in [-0.2, 0) is 26.1 Å². The van der Waals surface area contributed by atoms with E-state index in [4.69, 9.17) is 19.2 Å². The SMILES string of the molecule is Cc1ccc([C@@H](c2ccn3c(C(F)F)nnc3c2C)C(C)(C)C(=O)O)nc1CN1CC2(CCOCC2)Oc2nc(OCCN3CCCC3)c(C)cc2S1(=O)=O. The summed E-state index contributed by atoms with van der Waals surface area (Å²) in [5, 5.41) is 18.1. The number of nitrogens with zero attached hydrogens (tertiary/aromatic N) is 7. The van der Waals surface area contributed by atoms with Gasteiger partial charge in [-0.1, -0.05) is 6.07 Å². The van der Waals surface area contributed by atoms with Gasteiger partial charge in [-0.2, -0.15) is 9.29 Å². The van der Waals surface area contributed by atoms with Crippen molar-refractivity contribution in [2.45, 2.75) is 89.7 Å². The van der Waals surface area contributed by atoms with Crippen LogP contribution in [0.15, 0.2) is 35.4 Å². The van der Waals surface area contributed by atoms with Crippen LogP contribution in [0.4, 0.5) is 8.78 Å². The number of rotatable bonds is 11. The molecule has 0 aromatic carbocycles. The highest BCUT2D eigenvalue weighted by molar-refractivity contribution is 7.89. The lowest BCUT2D eigenvalue weighted by Crippen LogP contribution is -2.50. The largest absolute Gasteiger partial charge is 0.481 e. The van der Waals surface area contributed by atoms with Crippen molar-refractivity contribution in [2.24, 2.45) is 5.41 Å². The zero-order chi connectivity index (χ0) is 39.3. The Balaban J connectivity index is 1.27. The molecule has 0 amide bonds. The lowest BCUT2D eigenvalue weighted by molar-refractivity contribution is -0.147. The Hall–Kier alpha value is -4.32. The van der Waals surface area contributed by atoms with Gasteiger partial charge in [0.15, 0.2) is 5.65 Å². The number of halogens is 2. The van der Waals surface area contributed by atoms with Crippen LogP contribution in [-0.4, -0.2) is 105 Å². The summed E-state index contributed by atoms with van der Waals surface area (Å²) in [6.07, 6.45) is 1.73. The average Bonchev–Trinajstić information content (AvgIpc) is 3.81. The highest BCUT2D eigenvalue weighted by atomic mass is 32.2. The van der Waals surface area contributed by atoms with E-state index < -0.39 is 45.2 Å². The predicted molar refractivity (Wildman–Crippen MR) is 196 cm³/mol. The number of hydrogen-bond donors (Lipinski definition) is 1. The Labute approximate surface area is 318 Å². The van der Waals surface area contributed by atoms with E-state index in [9.17, 15) is 27.1 Å². The maximum Gasteiger partial charge on any atom is 0.310 e. The highest BCUT2D eigenvalue weighted by Gasteiger charge is 2.47. The molecule has 0 saturated carbocycles. The van der Waals surface area contributed by atoms with Gasteiger partial charge in [0.05, 0.1) is 37.4 Å². The Kier molecular flexibility index (Phi) is 10.6. The van der Waals surface area contributed by atoms with E-state index in [1.165, 1.54) is 14.9 Å². The van der Waals surface area contributed by atoms with Gasteiger partial charge in [-0.3, -0.25) is 19.1 Å². The van der Waals surface area contributed by atoms with Gasteiger partial charge < -0.3 is 19.3 Å². The summed E-state index contributed by atoms with van der Waals surface area (Å²) in [6.45, 7) is 12.2. The smallest absolute Gasteiger partial charge is 0.310 e. The first-order chi connectivity index (χ1) is 26.1. The number of pyridine rings is 3. The molecular weight excluding hydrogens is 737 g/mol. The van der Waals surface area contributed by atoms with Crippen LogP contribution in [0.2, 0.25) is 0 Å². The fraction of sp³-hybridized carbons (Fsp3) is 0.553. The molecule has 14 nitrogen and oxygen atoms in total. The molecule has 7 rings (SSSR count). The second-order valence-electron chi connectivity index (χ2n) is 15.4. The number of hydrogen-bond acceptors (Lipinski definition) is 11. The Bertz CT molecular complexity index is 2200. The molecule has 3 aliphatic heterocycles. The fourth-order valence-corrected chi connectivity index (χ4v) is 9.47. The van der Waals surface area contributed by atoms with Gasteiger partial charge in [-0.15, -0.1) is 10.2 Å². The third kappa shape index (κ3) is 7.38. The van der Waals surface area contributed by atoms with Crippen LogP contribution in [0.1, 0.15) is 91.3 Å². The Morgan fingerprint density at radius 1 is 1.05 bits per heavy atom. The van der Waals surface area contributed by atoms with Crippen LogP contribution < -0.4 is 9.47 Å². The molecule has 4 aromatic rings. The first-order valence-electron chi connectivity index (χ1n) is 18.6. The van der Waals surface area contributed by atoms with Crippen molar-refractivity contribution in [3.8, 4) is 11.8 Å². The first-order valence-corrected chi connectivity index (χ1v) is 20.0. The number of aryl methyl sites for hydroxylation is 3. The minimum absolute atomic E-state index is 0.00374. The van der Waals surface area contributed by atoms with E-state index >= 15 is 0 Å². The topological polar surface area (TPSA) is 162 Å². The van der Waals surface area contributed by atoms with Crippen molar-refractivity contribution >= 4 is 21.6 Å². The molecule has 0 radical (unpaired) electrons. The second kappa shape index (κ2) is 15.0. The molecule has 0 bridgehead atoms. The van der Waals surface area contributed by atoms with Gasteiger partial charge in [-0.05, 0) is 95.4 Å². The van der Waals surface area contributed by atoms with Gasteiger partial charge in [0.2, 0.25) is 27.6 Å². The van der Waals surface area contributed by atoms with Crippen molar-refractivity contribution in [3.63, 3.8) is 0 Å². The predicted octanol–water partition coefficient (Wildman–Crippen LogP) is 5.23. The normalized spacial score (nSPS) is 19.3. The minimum atomic E-state index is -4.22.